The summed E-state index contributed by atoms with van der Waals surface area (Å²) < 4.78 is 61.2. The fraction of sp³-hybridized carbons (Fsp3) is 0.400. The second-order valence-electron chi connectivity index (χ2n) is 3.59. The fourth-order valence-corrected chi connectivity index (χ4v) is 1.63. The summed E-state index contributed by atoms with van der Waals surface area (Å²) in [5.41, 5.74) is -3.36. The Labute approximate surface area is 97.3 Å². The van der Waals surface area contributed by atoms with Gasteiger partial charge in [-0.25, -0.2) is 0 Å². The predicted octanol–water partition coefficient (Wildman–Crippen LogP) is 2.67. The second kappa shape index (κ2) is 4.66. The van der Waals surface area contributed by atoms with Gasteiger partial charge in [-0.1, -0.05) is 23.8 Å². The van der Waals surface area contributed by atoms with Crippen LogP contribution in [0.1, 0.15) is 16.7 Å². The molecular weight excluding hydrogens is 257 g/mol. The predicted molar refractivity (Wildman–Crippen MR) is 55.7 cm³/mol. The molecule has 1 aromatic carbocycles. The first-order valence-corrected chi connectivity index (χ1v) is 6.06. The Bertz CT molecular complexity index is 506. The minimum Gasteiger partial charge on any atom is -0.258 e. The summed E-state index contributed by atoms with van der Waals surface area (Å²) in [5, 5.41) is 0. The molecule has 0 atom stereocenters. The van der Waals surface area contributed by atoms with Crippen LogP contribution in [-0.2, 0) is 20.9 Å². The van der Waals surface area contributed by atoms with E-state index in [1.165, 1.54) is 6.07 Å². The van der Waals surface area contributed by atoms with E-state index in [1.807, 2.05) is 6.92 Å². The maximum Gasteiger partial charge on any atom is 0.523 e. The molecule has 0 unspecified atom stereocenters. The van der Waals surface area contributed by atoms with Crippen LogP contribution in [-0.4, -0.2) is 13.9 Å². The smallest absolute Gasteiger partial charge is 0.258 e. The van der Waals surface area contributed by atoms with Crippen LogP contribution in [0.2, 0.25) is 0 Å². The number of halogens is 3. The molecule has 0 radical (unpaired) electrons. The molecule has 0 aromatic heterocycles. The standard InChI is InChI=1S/C10H11F3O3S/c1-7-3-4-9(8(2)5-7)6-16-17(14,15)10(11,12)13/h3-5H,6H2,1-2H3. The Morgan fingerprint density at radius 2 is 1.82 bits per heavy atom. The van der Waals surface area contributed by atoms with E-state index in [0.717, 1.165) is 5.56 Å². The molecule has 0 heterocycles. The first-order chi connectivity index (χ1) is 7.63. The van der Waals surface area contributed by atoms with Gasteiger partial charge in [-0.3, -0.25) is 4.18 Å². The lowest BCUT2D eigenvalue weighted by molar-refractivity contribution is -0.0548. The number of hydrogen-bond acceptors (Lipinski definition) is 3. The summed E-state index contributed by atoms with van der Waals surface area (Å²) in [6, 6.07) is 4.95. The van der Waals surface area contributed by atoms with Gasteiger partial charge in [0.15, 0.2) is 0 Å². The highest BCUT2D eigenvalue weighted by molar-refractivity contribution is 7.87. The van der Waals surface area contributed by atoms with Crippen molar-refractivity contribution >= 4 is 10.1 Å². The maximum absolute atomic E-state index is 12.0. The first-order valence-electron chi connectivity index (χ1n) is 4.65. The molecule has 1 aromatic rings. The Kier molecular flexibility index (Phi) is 3.83. The molecule has 0 amide bonds. The monoisotopic (exact) mass is 268 g/mol. The summed E-state index contributed by atoms with van der Waals surface area (Å²) in [6.07, 6.45) is 0. The van der Waals surface area contributed by atoms with Crippen molar-refractivity contribution in [1.29, 1.82) is 0 Å². The van der Waals surface area contributed by atoms with E-state index in [-0.39, 0.29) is 0 Å². The minimum absolute atomic E-state index is 0.406. The SMILES string of the molecule is Cc1ccc(COS(=O)(=O)C(F)(F)F)c(C)c1. The average Bonchev–Trinajstić information content (AvgIpc) is 2.14. The Morgan fingerprint density at radius 3 is 2.29 bits per heavy atom. The molecule has 0 aliphatic rings. The first kappa shape index (κ1) is 14.0. The summed E-state index contributed by atoms with van der Waals surface area (Å²) >= 11 is 0. The van der Waals surface area contributed by atoms with Crippen molar-refractivity contribution in [1.82, 2.24) is 0 Å². The van der Waals surface area contributed by atoms with Crippen molar-refractivity contribution in [3.8, 4) is 0 Å². The van der Waals surface area contributed by atoms with E-state index in [9.17, 15) is 21.6 Å². The lowest BCUT2D eigenvalue weighted by Crippen LogP contribution is -2.25. The average molecular weight is 268 g/mol. The van der Waals surface area contributed by atoms with E-state index in [4.69, 9.17) is 0 Å². The number of alkyl halides is 3. The molecule has 0 saturated carbocycles. The van der Waals surface area contributed by atoms with Crippen LogP contribution in [0.25, 0.3) is 0 Å². The molecule has 0 N–H and O–H groups in total. The summed E-state index contributed by atoms with van der Waals surface area (Å²) in [4.78, 5) is 0. The fourth-order valence-electron chi connectivity index (χ4n) is 1.22. The van der Waals surface area contributed by atoms with E-state index in [2.05, 4.69) is 4.18 Å². The molecule has 7 heteroatoms. The van der Waals surface area contributed by atoms with Gasteiger partial charge in [-0.2, -0.15) is 21.6 Å². The second-order valence-corrected chi connectivity index (χ2v) is 5.20. The van der Waals surface area contributed by atoms with Gasteiger partial charge in [0.1, 0.15) is 0 Å². The van der Waals surface area contributed by atoms with E-state index in [0.29, 0.717) is 11.1 Å². The third kappa shape index (κ3) is 3.44. The minimum atomic E-state index is -5.52. The van der Waals surface area contributed by atoms with Gasteiger partial charge in [0, 0.05) is 0 Å². The van der Waals surface area contributed by atoms with E-state index >= 15 is 0 Å². The molecule has 96 valence electrons. The van der Waals surface area contributed by atoms with Crippen LogP contribution in [0.15, 0.2) is 18.2 Å². The van der Waals surface area contributed by atoms with Crippen LogP contribution in [0.3, 0.4) is 0 Å². The third-order valence-electron chi connectivity index (χ3n) is 2.15. The summed E-state index contributed by atoms with van der Waals surface area (Å²) in [5.74, 6) is 0. The van der Waals surface area contributed by atoms with Crippen LogP contribution in [0.4, 0.5) is 13.2 Å². The Hall–Kier alpha value is -1.08. The van der Waals surface area contributed by atoms with Crippen molar-refractivity contribution in [3.05, 3.63) is 34.9 Å². The van der Waals surface area contributed by atoms with Gasteiger partial charge >= 0.3 is 15.6 Å². The van der Waals surface area contributed by atoms with Gasteiger partial charge < -0.3 is 0 Å². The largest absolute Gasteiger partial charge is 0.523 e. The highest BCUT2D eigenvalue weighted by Crippen LogP contribution is 2.26. The van der Waals surface area contributed by atoms with Gasteiger partial charge in [-0.05, 0) is 25.0 Å². The van der Waals surface area contributed by atoms with E-state index < -0.39 is 22.2 Å². The lowest BCUT2D eigenvalue weighted by Gasteiger charge is -2.10. The molecule has 0 spiro atoms. The van der Waals surface area contributed by atoms with Crippen molar-refractivity contribution in [2.24, 2.45) is 0 Å². The lowest BCUT2D eigenvalue weighted by atomic mass is 10.1. The van der Waals surface area contributed by atoms with Crippen molar-refractivity contribution in [2.45, 2.75) is 26.0 Å². The number of hydrogen-bond donors (Lipinski definition) is 0. The molecule has 0 fully saturated rings. The van der Waals surface area contributed by atoms with Gasteiger partial charge in [0.2, 0.25) is 0 Å². The molecular formula is C10H11F3O3S. The molecule has 1 rings (SSSR count). The van der Waals surface area contributed by atoms with Crippen molar-refractivity contribution < 1.29 is 25.8 Å². The Balaban J connectivity index is 2.82. The van der Waals surface area contributed by atoms with Crippen molar-refractivity contribution in [2.75, 3.05) is 0 Å². The molecule has 0 bridgehead atoms. The zero-order chi connectivity index (χ0) is 13.3. The van der Waals surface area contributed by atoms with Crippen molar-refractivity contribution in [3.63, 3.8) is 0 Å². The number of benzene rings is 1. The van der Waals surface area contributed by atoms with Crippen LogP contribution in [0.5, 0.6) is 0 Å². The number of aryl methyl sites for hydroxylation is 2. The van der Waals surface area contributed by atoms with Crippen LogP contribution >= 0.6 is 0 Å². The quantitative estimate of drug-likeness (QED) is 0.625. The molecule has 0 aliphatic carbocycles. The van der Waals surface area contributed by atoms with Crippen LogP contribution in [0, 0.1) is 13.8 Å². The van der Waals surface area contributed by atoms with Gasteiger partial charge in [-0.15, -0.1) is 0 Å². The third-order valence-corrected chi connectivity index (χ3v) is 3.15. The molecule has 3 nitrogen and oxygen atoms in total. The topological polar surface area (TPSA) is 43.4 Å². The maximum atomic E-state index is 12.0. The zero-order valence-corrected chi connectivity index (χ0v) is 10.0. The highest BCUT2D eigenvalue weighted by Gasteiger charge is 2.47. The highest BCUT2D eigenvalue weighted by atomic mass is 32.2. The van der Waals surface area contributed by atoms with E-state index in [1.54, 1.807) is 19.1 Å². The summed E-state index contributed by atoms with van der Waals surface area (Å²) in [7, 11) is -5.52. The van der Waals surface area contributed by atoms with Gasteiger partial charge in [0.05, 0.1) is 6.61 Å². The molecule has 17 heavy (non-hydrogen) atoms. The molecule has 0 aliphatic heterocycles. The van der Waals surface area contributed by atoms with Crippen LogP contribution < -0.4 is 0 Å². The number of rotatable bonds is 3. The summed E-state index contributed by atoms with van der Waals surface area (Å²) in [6.45, 7) is 2.88. The molecule has 0 saturated heterocycles. The Morgan fingerprint density at radius 1 is 1.24 bits per heavy atom. The zero-order valence-electron chi connectivity index (χ0n) is 9.21. The van der Waals surface area contributed by atoms with Gasteiger partial charge in [0.25, 0.3) is 0 Å². The normalized spacial score (nSPS) is 12.8.